The quantitative estimate of drug-likeness (QED) is 0.269. The van der Waals surface area contributed by atoms with Crippen LogP contribution in [0.5, 0.6) is 0 Å². The first kappa shape index (κ1) is 22.3. The van der Waals surface area contributed by atoms with E-state index in [1.54, 1.807) is 0 Å². The van der Waals surface area contributed by atoms with Crippen molar-refractivity contribution >= 4 is 20.4 Å². The summed E-state index contributed by atoms with van der Waals surface area (Å²) in [6.45, 7) is 12.7. The van der Waals surface area contributed by atoms with Crippen LogP contribution in [0.1, 0.15) is 41.5 Å². The zero-order chi connectivity index (χ0) is 17.0. The third kappa shape index (κ3) is 9.42. The average molecular weight is 359 g/mol. The molecule has 0 aliphatic rings. The third-order valence-electron chi connectivity index (χ3n) is 2.64. The van der Waals surface area contributed by atoms with Crippen molar-refractivity contribution in [3.8, 4) is 0 Å². The Morgan fingerprint density at radius 1 is 0.727 bits per heavy atom. The van der Waals surface area contributed by atoms with Gasteiger partial charge in [-0.3, -0.25) is 0 Å². The number of hydrogen-bond acceptors (Lipinski definition) is 6. The van der Waals surface area contributed by atoms with Crippen LogP contribution in [0.2, 0.25) is 6.04 Å². The Hall–Kier alpha value is 0.267. The van der Waals surface area contributed by atoms with Gasteiger partial charge in [0.05, 0.1) is 0 Å². The van der Waals surface area contributed by atoms with Crippen LogP contribution in [-0.2, 0) is 27.5 Å². The first-order chi connectivity index (χ1) is 10.4. The third-order valence-corrected chi connectivity index (χ3v) is 6.08. The lowest BCUT2D eigenvalue weighted by Gasteiger charge is -2.35. The van der Waals surface area contributed by atoms with Crippen LogP contribution in [0, 0.1) is 0 Å². The molecule has 134 valence electrons. The molecule has 0 aromatic heterocycles. The maximum absolute atomic E-state index is 5.98. The number of halogens is 1. The highest BCUT2D eigenvalue weighted by molar-refractivity contribution is 6.61. The van der Waals surface area contributed by atoms with Gasteiger partial charge in [-0.15, -0.1) is 11.6 Å². The van der Waals surface area contributed by atoms with Crippen molar-refractivity contribution < 1.29 is 27.5 Å². The minimum Gasteiger partial charge on any atom is -0.354 e. The molecule has 8 heteroatoms. The predicted octanol–water partition coefficient (Wildman–Crippen LogP) is 3.36. The summed E-state index contributed by atoms with van der Waals surface area (Å²) in [4.78, 5) is 0. The molecule has 0 aliphatic heterocycles. The molecular formula is C14H31ClO6Si. The van der Waals surface area contributed by atoms with Gasteiger partial charge in [-0.2, -0.15) is 0 Å². The lowest BCUT2D eigenvalue weighted by atomic mass is 10.7. The normalized spacial score (nSPS) is 18.7. The Bertz CT molecular complexity index is 236. The van der Waals surface area contributed by atoms with Gasteiger partial charge in [0, 0.05) is 31.7 Å². The summed E-state index contributed by atoms with van der Waals surface area (Å²) in [5, 5.41) is 0. The highest BCUT2D eigenvalue weighted by atomic mass is 35.5. The zero-order valence-corrected chi connectivity index (χ0v) is 16.4. The van der Waals surface area contributed by atoms with Crippen molar-refractivity contribution in [2.45, 2.75) is 66.5 Å². The van der Waals surface area contributed by atoms with Crippen LogP contribution >= 0.6 is 11.6 Å². The molecule has 0 spiro atoms. The van der Waals surface area contributed by atoms with Crippen molar-refractivity contribution in [2.75, 3.05) is 25.7 Å². The van der Waals surface area contributed by atoms with Crippen LogP contribution < -0.4 is 0 Å². The molecule has 0 fully saturated rings. The standard InChI is InChI=1S/C14H31ClO6Si/c1-7-16-12(4)19-22(11-10-15,20-13(5)17-8-2)21-14(6)18-9-3/h12-14H,7-11H2,1-6H3. The first-order valence-corrected chi connectivity index (χ1v) is 10.3. The summed E-state index contributed by atoms with van der Waals surface area (Å²) in [7, 11) is -3.10. The van der Waals surface area contributed by atoms with Gasteiger partial charge in [0.15, 0.2) is 0 Å². The topological polar surface area (TPSA) is 55.4 Å². The molecule has 0 saturated heterocycles. The second-order valence-corrected chi connectivity index (χ2v) is 7.50. The Morgan fingerprint density at radius 3 is 1.27 bits per heavy atom. The van der Waals surface area contributed by atoms with E-state index in [4.69, 9.17) is 39.1 Å². The fourth-order valence-corrected chi connectivity index (χ4v) is 5.11. The second-order valence-electron chi connectivity index (χ2n) is 4.54. The Labute approximate surface area is 140 Å². The first-order valence-electron chi connectivity index (χ1n) is 7.87. The van der Waals surface area contributed by atoms with Crippen LogP contribution in [0.3, 0.4) is 0 Å². The lowest BCUT2D eigenvalue weighted by Crippen LogP contribution is -2.53. The van der Waals surface area contributed by atoms with E-state index in [0.717, 1.165) is 0 Å². The number of ether oxygens (including phenoxy) is 3. The van der Waals surface area contributed by atoms with Gasteiger partial charge in [0.2, 0.25) is 0 Å². The molecule has 0 radical (unpaired) electrons. The summed E-state index contributed by atoms with van der Waals surface area (Å²) >= 11 is 5.94. The van der Waals surface area contributed by atoms with Crippen molar-refractivity contribution in [1.29, 1.82) is 0 Å². The Morgan fingerprint density at radius 2 is 1.05 bits per heavy atom. The monoisotopic (exact) mass is 358 g/mol. The molecule has 0 saturated carbocycles. The summed E-state index contributed by atoms with van der Waals surface area (Å²) in [5.41, 5.74) is 0. The fraction of sp³-hybridized carbons (Fsp3) is 1.00. The molecule has 0 aromatic rings. The smallest absolute Gasteiger partial charge is 0.354 e. The molecule has 0 aromatic carbocycles. The molecule has 3 unspecified atom stereocenters. The van der Waals surface area contributed by atoms with Crippen molar-refractivity contribution in [3.63, 3.8) is 0 Å². The van der Waals surface area contributed by atoms with Crippen molar-refractivity contribution in [1.82, 2.24) is 0 Å². The van der Waals surface area contributed by atoms with Gasteiger partial charge in [0.25, 0.3) is 0 Å². The second kappa shape index (κ2) is 12.7. The fourth-order valence-electron chi connectivity index (χ4n) is 1.94. The van der Waals surface area contributed by atoms with E-state index in [9.17, 15) is 0 Å². The Kier molecular flexibility index (Phi) is 12.8. The van der Waals surface area contributed by atoms with E-state index in [0.29, 0.717) is 31.7 Å². The zero-order valence-electron chi connectivity index (χ0n) is 14.6. The molecule has 0 bridgehead atoms. The van der Waals surface area contributed by atoms with Gasteiger partial charge in [-0.1, -0.05) is 0 Å². The average Bonchev–Trinajstić information content (AvgIpc) is 2.39. The van der Waals surface area contributed by atoms with Crippen LogP contribution in [0.25, 0.3) is 0 Å². The molecule has 0 amide bonds. The lowest BCUT2D eigenvalue weighted by molar-refractivity contribution is -0.175. The maximum Gasteiger partial charge on any atom is 0.508 e. The van der Waals surface area contributed by atoms with E-state index in [-0.39, 0.29) is 0 Å². The molecular weight excluding hydrogens is 328 g/mol. The van der Waals surface area contributed by atoms with Gasteiger partial charge in [-0.05, 0) is 41.5 Å². The maximum atomic E-state index is 5.98. The van der Waals surface area contributed by atoms with Gasteiger partial charge >= 0.3 is 8.80 Å². The number of hydrogen-bond donors (Lipinski definition) is 0. The van der Waals surface area contributed by atoms with Crippen molar-refractivity contribution in [2.24, 2.45) is 0 Å². The molecule has 0 aliphatic carbocycles. The predicted molar refractivity (Wildman–Crippen MR) is 87.8 cm³/mol. The SMILES string of the molecule is CCOC(C)O[Si](CCCl)(OC(C)OCC)OC(C)OCC. The molecule has 0 heterocycles. The molecule has 3 atom stereocenters. The molecule has 0 N–H and O–H groups in total. The summed E-state index contributed by atoms with van der Waals surface area (Å²) in [6, 6.07) is 0.445. The molecule has 6 nitrogen and oxygen atoms in total. The minimum atomic E-state index is -3.10. The highest BCUT2D eigenvalue weighted by Crippen LogP contribution is 2.23. The summed E-state index contributed by atoms with van der Waals surface area (Å²) < 4.78 is 34.3. The molecule has 22 heavy (non-hydrogen) atoms. The molecule has 0 rings (SSSR count). The highest BCUT2D eigenvalue weighted by Gasteiger charge is 2.46. The van der Waals surface area contributed by atoms with E-state index in [2.05, 4.69) is 0 Å². The van der Waals surface area contributed by atoms with Gasteiger partial charge in [-0.25, -0.2) is 0 Å². The van der Waals surface area contributed by atoms with E-state index < -0.39 is 27.7 Å². The minimum absolute atomic E-state index is 0.350. The van der Waals surface area contributed by atoms with Gasteiger partial charge < -0.3 is 27.5 Å². The van der Waals surface area contributed by atoms with Crippen molar-refractivity contribution in [3.05, 3.63) is 0 Å². The van der Waals surface area contributed by atoms with E-state index in [1.807, 2.05) is 41.5 Å². The summed E-state index contributed by atoms with van der Waals surface area (Å²) in [5.74, 6) is 0.350. The number of rotatable bonds is 14. The number of alkyl halides is 1. The van der Waals surface area contributed by atoms with Crippen LogP contribution in [0.15, 0.2) is 0 Å². The Balaban J connectivity index is 5.05. The summed E-state index contributed by atoms with van der Waals surface area (Å²) in [6.07, 6.45) is -1.37. The van der Waals surface area contributed by atoms with Gasteiger partial charge in [0.1, 0.15) is 18.9 Å². The largest absolute Gasteiger partial charge is 0.508 e. The van der Waals surface area contributed by atoms with E-state index >= 15 is 0 Å². The van der Waals surface area contributed by atoms with Crippen LogP contribution in [0.4, 0.5) is 0 Å². The van der Waals surface area contributed by atoms with Crippen LogP contribution in [-0.4, -0.2) is 53.4 Å². The van der Waals surface area contributed by atoms with E-state index in [1.165, 1.54) is 0 Å².